The van der Waals surface area contributed by atoms with Crippen LogP contribution >= 0.6 is 0 Å². The maximum absolute atomic E-state index is 12.3. The van der Waals surface area contributed by atoms with Gasteiger partial charge < -0.3 is 15.4 Å². The van der Waals surface area contributed by atoms with Crippen LogP contribution in [-0.4, -0.2) is 29.9 Å². The lowest BCUT2D eigenvalue weighted by Crippen LogP contribution is -2.33. The van der Waals surface area contributed by atoms with Gasteiger partial charge in [-0.25, -0.2) is 0 Å². The van der Waals surface area contributed by atoms with Crippen LogP contribution < -0.4 is 15.4 Å². The van der Waals surface area contributed by atoms with Crippen molar-refractivity contribution in [1.82, 2.24) is 5.32 Å². The summed E-state index contributed by atoms with van der Waals surface area (Å²) >= 11 is 0. The molecule has 0 aliphatic heterocycles. The number of nitrogens with zero attached hydrogens (tertiary/aromatic N) is 1. The molecule has 0 unspecified atom stereocenters. The molecule has 2 aromatic carbocycles. The fourth-order valence-electron chi connectivity index (χ4n) is 2.01. The van der Waals surface area contributed by atoms with E-state index in [0.717, 1.165) is 6.07 Å². The first kappa shape index (κ1) is 18.8. The Balaban J connectivity index is 1.96. The third-order valence-electron chi connectivity index (χ3n) is 3.10. The first-order chi connectivity index (χ1) is 12.4. The fourth-order valence-corrected chi connectivity index (χ4v) is 2.01. The van der Waals surface area contributed by atoms with Crippen LogP contribution in [0.25, 0.3) is 0 Å². The number of amides is 2. The summed E-state index contributed by atoms with van der Waals surface area (Å²) in [6.07, 6.45) is 0. The summed E-state index contributed by atoms with van der Waals surface area (Å²) < 4.78 is 28.9. The van der Waals surface area contributed by atoms with E-state index in [2.05, 4.69) is 15.4 Å². The minimum atomic E-state index is -3.10. The van der Waals surface area contributed by atoms with Gasteiger partial charge in [0, 0.05) is 17.8 Å². The van der Waals surface area contributed by atoms with Crippen molar-refractivity contribution in [3.05, 3.63) is 64.2 Å². The highest BCUT2D eigenvalue weighted by Gasteiger charge is 2.16. The molecular formula is C16H13F2N3O5. The number of halogens is 2. The molecule has 26 heavy (non-hydrogen) atoms. The number of non-ortho nitro benzene ring substituents is 1. The molecule has 0 radical (unpaired) electrons. The van der Waals surface area contributed by atoms with E-state index in [-0.39, 0.29) is 22.7 Å². The number of ether oxygens (including phenoxy) is 1. The summed E-state index contributed by atoms with van der Waals surface area (Å²) in [7, 11) is 0. The van der Waals surface area contributed by atoms with Crippen LogP contribution in [0, 0.1) is 10.1 Å². The first-order valence-corrected chi connectivity index (χ1v) is 7.23. The molecule has 8 nitrogen and oxygen atoms in total. The molecule has 0 saturated carbocycles. The zero-order valence-corrected chi connectivity index (χ0v) is 13.1. The van der Waals surface area contributed by atoms with Gasteiger partial charge in [-0.05, 0) is 18.2 Å². The second kappa shape index (κ2) is 8.51. The Morgan fingerprint density at radius 1 is 1.15 bits per heavy atom. The number of carbonyl (C=O) groups excluding carboxylic acids is 2. The molecule has 0 saturated heterocycles. The largest absolute Gasteiger partial charge is 0.434 e. The lowest BCUT2D eigenvalue weighted by atomic mass is 10.2. The van der Waals surface area contributed by atoms with Crippen molar-refractivity contribution >= 4 is 23.2 Å². The SMILES string of the molecule is O=C(CNC(=O)c1ccccc1OC(F)F)Nc1cccc([N+](=O)[O-])c1. The molecule has 136 valence electrons. The van der Waals surface area contributed by atoms with Gasteiger partial charge in [0.2, 0.25) is 5.91 Å². The van der Waals surface area contributed by atoms with Crippen LogP contribution in [0.1, 0.15) is 10.4 Å². The third kappa shape index (κ3) is 5.23. The van der Waals surface area contributed by atoms with Gasteiger partial charge in [0.15, 0.2) is 0 Å². The van der Waals surface area contributed by atoms with E-state index in [0.29, 0.717) is 0 Å². The van der Waals surface area contributed by atoms with Crippen molar-refractivity contribution in [2.24, 2.45) is 0 Å². The predicted octanol–water partition coefficient (Wildman–Crippen LogP) is 2.56. The van der Waals surface area contributed by atoms with Gasteiger partial charge in [0.05, 0.1) is 17.0 Å². The second-order valence-corrected chi connectivity index (χ2v) is 4.91. The standard InChI is InChI=1S/C16H13F2N3O5/c17-16(18)26-13-7-2-1-6-12(13)15(23)19-9-14(22)20-10-4-3-5-11(8-10)21(24)25/h1-8,16H,9H2,(H,19,23)(H,20,22). The highest BCUT2D eigenvalue weighted by atomic mass is 19.3. The molecule has 2 aromatic rings. The lowest BCUT2D eigenvalue weighted by molar-refractivity contribution is -0.384. The summed E-state index contributed by atoms with van der Waals surface area (Å²) in [6.45, 7) is -3.56. The van der Waals surface area contributed by atoms with E-state index in [1.807, 2.05) is 0 Å². The molecule has 10 heteroatoms. The topological polar surface area (TPSA) is 111 Å². The molecule has 0 aliphatic carbocycles. The van der Waals surface area contributed by atoms with E-state index >= 15 is 0 Å². The van der Waals surface area contributed by atoms with Crippen molar-refractivity contribution < 1.29 is 28.0 Å². The summed E-state index contributed by atoms with van der Waals surface area (Å²) in [5, 5.41) is 15.3. The minimum Gasteiger partial charge on any atom is -0.434 e. The summed E-state index contributed by atoms with van der Waals surface area (Å²) in [4.78, 5) is 34.0. The number of hydrogen-bond acceptors (Lipinski definition) is 5. The summed E-state index contributed by atoms with van der Waals surface area (Å²) in [5.74, 6) is -1.75. The number of hydrogen-bond donors (Lipinski definition) is 2. The number of nitro groups is 1. The number of carbonyl (C=O) groups is 2. The number of rotatable bonds is 7. The van der Waals surface area contributed by atoms with Crippen LogP contribution in [0.5, 0.6) is 5.75 Å². The zero-order valence-electron chi connectivity index (χ0n) is 13.1. The van der Waals surface area contributed by atoms with E-state index in [9.17, 15) is 28.5 Å². The van der Waals surface area contributed by atoms with Crippen molar-refractivity contribution in [3.8, 4) is 5.75 Å². The highest BCUT2D eigenvalue weighted by molar-refractivity contribution is 6.00. The van der Waals surface area contributed by atoms with Crippen molar-refractivity contribution in [1.29, 1.82) is 0 Å². The quantitative estimate of drug-likeness (QED) is 0.579. The number of anilines is 1. The van der Waals surface area contributed by atoms with Gasteiger partial charge in [-0.1, -0.05) is 18.2 Å². The molecule has 0 heterocycles. The summed E-state index contributed by atoms with van der Waals surface area (Å²) in [6, 6.07) is 10.6. The van der Waals surface area contributed by atoms with Crippen LogP contribution in [-0.2, 0) is 4.79 Å². The van der Waals surface area contributed by atoms with Gasteiger partial charge in [0.25, 0.3) is 11.6 Å². The Kier molecular flexibility index (Phi) is 6.15. The van der Waals surface area contributed by atoms with E-state index in [4.69, 9.17) is 0 Å². The van der Waals surface area contributed by atoms with Gasteiger partial charge in [-0.15, -0.1) is 0 Å². The first-order valence-electron chi connectivity index (χ1n) is 7.23. The average Bonchev–Trinajstić information content (AvgIpc) is 2.60. The van der Waals surface area contributed by atoms with Crippen LogP contribution in [0.3, 0.4) is 0 Å². The predicted molar refractivity (Wildman–Crippen MR) is 87.1 cm³/mol. The van der Waals surface area contributed by atoms with E-state index < -0.39 is 29.9 Å². The zero-order chi connectivity index (χ0) is 19.1. The van der Waals surface area contributed by atoms with Crippen molar-refractivity contribution in [2.75, 3.05) is 11.9 Å². The molecule has 0 aliphatic rings. The molecule has 0 spiro atoms. The van der Waals surface area contributed by atoms with Gasteiger partial charge in [-0.3, -0.25) is 19.7 Å². The number of benzene rings is 2. The molecule has 2 rings (SSSR count). The number of nitrogens with one attached hydrogen (secondary N) is 2. The number of nitro benzene ring substituents is 1. The molecule has 0 aromatic heterocycles. The fraction of sp³-hybridized carbons (Fsp3) is 0.125. The van der Waals surface area contributed by atoms with Crippen LogP contribution in [0.15, 0.2) is 48.5 Å². The average molecular weight is 365 g/mol. The maximum atomic E-state index is 12.3. The van der Waals surface area contributed by atoms with Crippen LogP contribution in [0.2, 0.25) is 0 Å². The molecule has 0 atom stereocenters. The normalized spacial score (nSPS) is 10.3. The lowest BCUT2D eigenvalue weighted by Gasteiger charge is -2.11. The molecular weight excluding hydrogens is 352 g/mol. The monoisotopic (exact) mass is 365 g/mol. The van der Waals surface area contributed by atoms with Crippen molar-refractivity contribution in [3.63, 3.8) is 0 Å². The maximum Gasteiger partial charge on any atom is 0.387 e. The summed E-state index contributed by atoms with van der Waals surface area (Å²) in [5.41, 5.74) is -0.180. The van der Waals surface area contributed by atoms with Gasteiger partial charge in [0.1, 0.15) is 5.75 Å². The van der Waals surface area contributed by atoms with Crippen molar-refractivity contribution in [2.45, 2.75) is 6.61 Å². The van der Waals surface area contributed by atoms with Gasteiger partial charge in [-0.2, -0.15) is 8.78 Å². The Bertz CT molecular complexity index is 829. The third-order valence-corrected chi connectivity index (χ3v) is 3.10. The molecule has 0 bridgehead atoms. The Labute approximate surface area is 145 Å². The van der Waals surface area contributed by atoms with E-state index in [1.54, 1.807) is 0 Å². The Hall–Kier alpha value is -3.56. The van der Waals surface area contributed by atoms with Crippen LogP contribution in [0.4, 0.5) is 20.2 Å². The molecule has 2 amide bonds. The molecule has 2 N–H and O–H groups in total. The highest BCUT2D eigenvalue weighted by Crippen LogP contribution is 2.20. The Morgan fingerprint density at radius 3 is 2.58 bits per heavy atom. The minimum absolute atomic E-state index is 0.157. The number of alkyl halides is 2. The number of para-hydroxylation sites is 1. The smallest absolute Gasteiger partial charge is 0.387 e. The van der Waals surface area contributed by atoms with Gasteiger partial charge >= 0.3 is 6.61 Å². The second-order valence-electron chi connectivity index (χ2n) is 4.91. The Morgan fingerprint density at radius 2 is 1.88 bits per heavy atom. The van der Waals surface area contributed by atoms with E-state index in [1.165, 1.54) is 42.5 Å². The molecule has 0 fully saturated rings.